The number of hydrogen-bond acceptors (Lipinski definition) is 4. The van der Waals surface area contributed by atoms with E-state index in [0.29, 0.717) is 6.04 Å². The number of nitrogens with zero attached hydrogens (tertiary/aromatic N) is 3. The topological polar surface area (TPSA) is 42.3 Å². The lowest BCUT2D eigenvalue weighted by Gasteiger charge is -2.38. The summed E-state index contributed by atoms with van der Waals surface area (Å²) in [4.78, 5) is 5.10. The molecule has 4 heteroatoms. The molecule has 0 spiro atoms. The van der Waals surface area contributed by atoms with E-state index in [2.05, 4.69) is 21.2 Å². The molecule has 2 atom stereocenters. The molecule has 2 heterocycles. The molecular formula is C13H22N4. The van der Waals surface area contributed by atoms with Gasteiger partial charge < -0.3 is 0 Å². The van der Waals surface area contributed by atoms with Crippen molar-refractivity contribution in [3.63, 3.8) is 0 Å². The summed E-state index contributed by atoms with van der Waals surface area (Å²) >= 11 is 0. The molecule has 2 unspecified atom stereocenters. The maximum absolute atomic E-state index is 9.17. The molecule has 3 rings (SSSR count). The Morgan fingerprint density at radius 1 is 1.24 bits per heavy atom. The molecule has 3 aliphatic rings. The molecule has 0 amide bonds. The second-order valence-corrected chi connectivity index (χ2v) is 5.71. The summed E-state index contributed by atoms with van der Waals surface area (Å²) in [5.74, 6) is 0. The second kappa shape index (κ2) is 4.93. The molecule has 1 N–H and O–H groups in total. The van der Waals surface area contributed by atoms with Crippen LogP contribution in [-0.4, -0.2) is 60.6 Å². The molecule has 3 fully saturated rings. The van der Waals surface area contributed by atoms with Crippen LogP contribution in [0.5, 0.6) is 0 Å². The zero-order chi connectivity index (χ0) is 11.7. The molecule has 0 aromatic rings. The smallest absolute Gasteiger partial charge is 0.108 e. The normalized spacial score (nSPS) is 32.1. The highest BCUT2D eigenvalue weighted by atomic mass is 15.3. The Labute approximate surface area is 104 Å². The lowest BCUT2D eigenvalue weighted by molar-refractivity contribution is 0.101. The molecule has 1 saturated carbocycles. The average molecular weight is 234 g/mol. The van der Waals surface area contributed by atoms with E-state index in [1.807, 2.05) is 0 Å². The predicted octanol–water partition coefficient (Wildman–Crippen LogP) is 0.411. The Kier molecular flexibility index (Phi) is 3.32. The van der Waals surface area contributed by atoms with Gasteiger partial charge in [-0.3, -0.25) is 15.1 Å². The first-order chi connectivity index (χ1) is 8.35. The zero-order valence-electron chi connectivity index (χ0n) is 10.4. The first-order valence-electron chi connectivity index (χ1n) is 6.97. The molecule has 0 radical (unpaired) electrons. The molecule has 94 valence electrons. The summed E-state index contributed by atoms with van der Waals surface area (Å²) in [6.07, 6.45) is 5.23. The molecule has 17 heavy (non-hydrogen) atoms. The molecule has 4 nitrogen and oxygen atoms in total. The first-order valence-corrected chi connectivity index (χ1v) is 6.97. The fourth-order valence-electron chi connectivity index (χ4n) is 3.14. The minimum absolute atomic E-state index is 0.0375. The number of hydrogen-bond donors (Lipinski definition) is 1. The molecule has 0 bridgehead atoms. The van der Waals surface area contributed by atoms with Crippen LogP contribution in [0.25, 0.3) is 0 Å². The van der Waals surface area contributed by atoms with Gasteiger partial charge in [-0.25, -0.2) is 0 Å². The van der Waals surface area contributed by atoms with Gasteiger partial charge in [0.25, 0.3) is 0 Å². The van der Waals surface area contributed by atoms with Crippen LogP contribution in [0.1, 0.15) is 25.7 Å². The van der Waals surface area contributed by atoms with Gasteiger partial charge in [0.2, 0.25) is 0 Å². The first kappa shape index (κ1) is 11.5. The number of nitrogens with one attached hydrogen (secondary N) is 1. The van der Waals surface area contributed by atoms with Gasteiger partial charge in [0, 0.05) is 38.3 Å². The Balaban J connectivity index is 1.49. The fraction of sp³-hybridized carbons (Fsp3) is 0.923. The highest BCUT2D eigenvalue weighted by molar-refractivity contribution is 4.98. The van der Waals surface area contributed by atoms with Gasteiger partial charge >= 0.3 is 0 Å². The van der Waals surface area contributed by atoms with Gasteiger partial charge in [0.1, 0.15) is 6.04 Å². The number of fused-ring (bicyclic) bond motifs is 1. The van der Waals surface area contributed by atoms with Crippen molar-refractivity contribution >= 4 is 0 Å². The fourth-order valence-corrected chi connectivity index (χ4v) is 3.14. The van der Waals surface area contributed by atoms with Crippen molar-refractivity contribution in [2.24, 2.45) is 0 Å². The largest absolute Gasteiger partial charge is 0.298 e. The summed E-state index contributed by atoms with van der Waals surface area (Å²) in [7, 11) is 0. The van der Waals surface area contributed by atoms with E-state index in [9.17, 15) is 5.26 Å². The highest BCUT2D eigenvalue weighted by Crippen LogP contribution is 2.22. The summed E-state index contributed by atoms with van der Waals surface area (Å²) in [5, 5.41) is 12.6. The van der Waals surface area contributed by atoms with E-state index in [1.54, 1.807) is 0 Å². The standard InChI is InChI=1S/C13H22N4/c14-8-12(15-11-3-4-11)9-16-6-7-17-5-1-2-13(17)10-16/h11-13,15H,1-7,9-10H2. The number of nitriles is 1. The molecular weight excluding hydrogens is 212 g/mol. The summed E-state index contributed by atoms with van der Waals surface area (Å²) in [6, 6.07) is 3.85. The Hall–Kier alpha value is -0.630. The number of rotatable bonds is 4. The molecule has 0 aromatic heterocycles. The average Bonchev–Trinajstić information content (AvgIpc) is 3.04. The van der Waals surface area contributed by atoms with Crippen LogP contribution in [0, 0.1) is 11.3 Å². The van der Waals surface area contributed by atoms with E-state index >= 15 is 0 Å². The van der Waals surface area contributed by atoms with E-state index in [4.69, 9.17) is 0 Å². The second-order valence-electron chi connectivity index (χ2n) is 5.71. The molecule has 1 aliphatic carbocycles. The Morgan fingerprint density at radius 2 is 2.12 bits per heavy atom. The third-order valence-electron chi connectivity index (χ3n) is 4.28. The lowest BCUT2D eigenvalue weighted by atomic mass is 10.1. The summed E-state index contributed by atoms with van der Waals surface area (Å²) < 4.78 is 0. The third-order valence-corrected chi connectivity index (χ3v) is 4.28. The molecule has 2 saturated heterocycles. The van der Waals surface area contributed by atoms with Crippen LogP contribution >= 0.6 is 0 Å². The van der Waals surface area contributed by atoms with Crippen molar-refractivity contribution in [3.8, 4) is 6.07 Å². The zero-order valence-corrected chi connectivity index (χ0v) is 10.4. The van der Waals surface area contributed by atoms with Crippen LogP contribution in [0.15, 0.2) is 0 Å². The maximum Gasteiger partial charge on any atom is 0.108 e. The van der Waals surface area contributed by atoms with Gasteiger partial charge in [-0.1, -0.05) is 0 Å². The van der Waals surface area contributed by atoms with Crippen molar-refractivity contribution in [2.45, 2.75) is 43.8 Å². The number of piperazine rings is 1. The predicted molar refractivity (Wildman–Crippen MR) is 66.6 cm³/mol. The van der Waals surface area contributed by atoms with Gasteiger partial charge in [-0.2, -0.15) is 5.26 Å². The van der Waals surface area contributed by atoms with E-state index in [-0.39, 0.29) is 6.04 Å². The summed E-state index contributed by atoms with van der Waals surface area (Å²) in [6.45, 7) is 5.72. The Bertz CT molecular complexity index is 307. The SMILES string of the molecule is N#CC(CN1CCN2CCCC2C1)NC1CC1. The van der Waals surface area contributed by atoms with Crippen molar-refractivity contribution in [1.29, 1.82) is 5.26 Å². The van der Waals surface area contributed by atoms with Gasteiger partial charge in [0.15, 0.2) is 0 Å². The van der Waals surface area contributed by atoms with Crippen molar-refractivity contribution in [1.82, 2.24) is 15.1 Å². The van der Waals surface area contributed by atoms with E-state index < -0.39 is 0 Å². The minimum atomic E-state index is 0.0375. The minimum Gasteiger partial charge on any atom is -0.298 e. The van der Waals surface area contributed by atoms with Gasteiger partial charge in [0.05, 0.1) is 6.07 Å². The molecule has 0 aromatic carbocycles. The van der Waals surface area contributed by atoms with Crippen molar-refractivity contribution in [2.75, 3.05) is 32.7 Å². The van der Waals surface area contributed by atoms with Crippen molar-refractivity contribution < 1.29 is 0 Å². The quantitative estimate of drug-likeness (QED) is 0.765. The van der Waals surface area contributed by atoms with E-state index in [1.165, 1.54) is 45.3 Å². The van der Waals surface area contributed by atoms with Crippen LogP contribution in [0.2, 0.25) is 0 Å². The monoisotopic (exact) mass is 234 g/mol. The van der Waals surface area contributed by atoms with Gasteiger partial charge in [-0.15, -0.1) is 0 Å². The lowest BCUT2D eigenvalue weighted by Crippen LogP contribution is -2.53. The molecule has 2 aliphatic heterocycles. The maximum atomic E-state index is 9.17. The van der Waals surface area contributed by atoms with Crippen LogP contribution in [0.3, 0.4) is 0 Å². The van der Waals surface area contributed by atoms with Crippen LogP contribution < -0.4 is 5.32 Å². The van der Waals surface area contributed by atoms with Crippen LogP contribution in [-0.2, 0) is 0 Å². The van der Waals surface area contributed by atoms with Crippen LogP contribution in [0.4, 0.5) is 0 Å². The third kappa shape index (κ3) is 2.79. The van der Waals surface area contributed by atoms with Crippen molar-refractivity contribution in [3.05, 3.63) is 0 Å². The van der Waals surface area contributed by atoms with Gasteiger partial charge in [-0.05, 0) is 32.2 Å². The van der Waals surface area contributed by atoms with E-state index in [0.717, 1.165) is 19.1 Å². The Morgan fingerprint density at radius 3 is 2.88 bits per heavy atom. The highest BCUT2D eigenvalue weighted by Gasteiger charge is 2.32. The summed E-state index contributed by atoms with van der Waals surface area (Å²) in [5.41, 5.74) is 0.